The standard InChI is InChI=1S/C9H7NO/c1-10-9-5-3-2-4-8(9)6-7-11/h2-5,7H,6H2. The van der Waals surface area contributed by atoms with Gasteiger partial charge in [0.2, 0.25) is 0 Å². The van der Waals surface area contributed by atoms with Crippen LogP contribution in [0.4, 0.5) is 5.69 Å². The van der Waals surface area contributed by atoms with Gasteiger partial charge in [0.05, 0.1) is 6.57 Å². The van der Waals surface area contributed by atoms with Crippen molar-refractivity contribution in [1.82, 2.24) is 0 Å². The first-order chi connectivity index (χ1) is 5.38. The molecule has 0 aliphatic heterocycles. The Morgan fingerprint density at radius 3 is 2.82 bits per heavy atom. The molecule has 0 saturated heterocycles. The zero-order valence-electron chi connectivity index (χ0n) is 5.95. The molecular weight excluding hydrogens is 138 g/mol. The Labute approximate surface area is 65.3 Å². The van der Waals surface area contributed by atoms with Crippen molar-refractivity contribution < 1.29 is 4.79 Å². The van der Waals surface area contributed by atoms with Crippen LogP contribution in [-0.2, 0) is 11.2 Å². The van der Waals surface area contributed by atoms with E-state index in [9.17, 15) is 4.79 Å². The number of nitrogens with zero attached hydrogens (tertiary/aromatic N) is 1. The van der Waals surface area contributed by atoms with Gasteiger partial charge in [-0.05, 0) is 5.56 Å². The van der Waals surface area contributed by atoms with Gasteiger partial charge in [0.1, 0.15) is 6.29 Å². The first-order valence-electron chi connectivity index (χ1n) is 3.27. The molecule has 0 aliphatic carbocycles. The molecule has 1 aromatic carbocycles. The van der Waals surface area contributed by atoms with E-state index >= 15 is 0 Å². The zero-order chi connectivity index (χ0) is 8.10. The van der Waals surface area contributed by atoms with Crippen LogP contribution in [0.15, 0.2) is 24.3 Å². The van der Waals surface area contributed by atoms with Crippen LogP contribution in [0.25, 0.3) is 4.85 Å². The average Bonchev–Trinajstić information content (AvgIpc) is 2.06. The number of rotatable bonds is 2. The minimum atomic E-state index is 0.332. The molecule has 0 fully saturated rings. The second-order valence-electron chi connectivity index (χ2n) is 2.11. The zero-order valence-corrected chi connectivity index (χ0v) is 5.95. The number of hydrogen-bond donors (Lipinski definition) is 0. The molecule has 0 saturated carbocycles. The molecule has 0 bridgehead atoms. The SMILES string of the molecule is [C-]#[N+]c1ccccc1CC=O. The van der Waals surface area contributed by atoms with Gasteiger partial charge in [-0.3, -0.25) is 0 Å². The third-order valence-electron chi connectivity index (χ3n) is 1.42. The van der Waals surface area contributed by atoms with E-state index in [1.807, 2.05) is 6.07 Å². The van der Waals surface area contributed by atoms with Crippen LogP contribution in [-0.4, -0.2) is 6.29 Å². The summed E-state index contributed by atoms with van der Waals surface area (Å²) >= 11 is 0. The summed E-state index contributed by atoms with van der Waals surface area (Å²) in [6, 6.07) is 7.13. The molecule has 0 atom stereocenters. The van der Waals surface area contributed by atoms with Crippen molar-refractivity contribution >= 4 is 12.0 Å². The highest BCUT2D eigenvalue weighted by Crippen LogP contribution is 2.17. The first-order valence-corrected chi connectivity index (χ1v) is 3.27. The molecule has 0 amide bonds. The third-order valence-corrected chi connectivity index (χ3v) is 1.42. The first kappa shape index (κ1) is 7.49. The lowest BCUT2D eigenvalue weighted by Gasteiger charge is -1.95. The van der Waals surface area contributed by atoms with Crippen molar-refractivity contribution in [2.24, 2.45) is 0 Å². The molecule has 54 valence electrons. The van der Waals surface area contributed by atoms with E-state index < -0.39 is 0 Å². The van der Waals surface area contributed by atoms with Crippen LogP contribution in [0.5, 0.6) is 0 Å². The highest BCUT2D eigenvalue weighted by atomic mass is 16.1. The van der Waals surface area contributed by atoms with Crippen molar-refractivity contribution in [2.45, 2.75) is 6.42 Å². The number of carbonyl (C=O) groups excluding carboxylic acids is 1. The average molecular weight is 145 g/mol. The Kier molecular flexibility index (Phi) is 2.40. The van der Waals surface area contributed by atoms with E-state index in [4.69, 9.17) is 6.57 Å². The largest absolute Gasteiger partial charge is 0.303 e. The predicted octanol–water partition coefficient (Wildman–Crippen LogP) is 1.98. The highest BCUT2D eigenvalue weighted by molar-refractivity contribution is 5.63. The molecule has 0 radical (unpaired) electrons. The maximum Gasteiger partial charge on any atom is 0.190 e. The van der Waals surface area contributed by atoms with Gasteiger partial charge in [0.25, 0.3) is 0 Å². The van der Waals surface area contributed by atoms with Gasteiger partial charge >= 0.3 is 0 Å². The van der Waals surface area contributed by atoms with Crippen molar-refractivity contribution in [1.29, 1.82) is 0 Å². The summed E-state index contributed by atoms with van der Waals surface area (Å²) in [6.07, 6.45) is 1.14. The number of benzene rings is 1. The Balaban J connectivity index is 3.04. The summed E-state index contributed by atoms with van der Waals surface area (Å²) in [4.78, 5) is 13.4. The summed E-state index contributed by atoms with van der Waals surface area (Å²) in [5.74, 6) is 0. The van der Waals surface area contributed by atoms with E-state index in [-0.39, 0.29) is 0 Å². The van der Waals surface area contributed by atoms with Gasteiger partial charge in [0.15, 0.2) is 5.69 Å². The van der Waals surface area contributed by atoms with E-state index in [1.54, 1.807) is 18.2 Å². The topological polar surface area (TPSA) is 21.4 Å². The maximum atomic E-state index is 10.1. The number of carbonyl (C=O) groups is 1. The van der Waals surface area contributed by atoms with Gasteiger partial charge < -0.3 is 4.79 Å². The predicted molar refractivity (Wildman–Crippen MR) is 42.5 cm³/mol. The van der Waals surface area contributed by atoms with Crippen molar-refractivity contribution in [3.8, 4) is 0 Å². The maximum absolute atomic E-state index is 10.1. The monoisotopic (exact) mass is 145 g/mol. The molecule has 0 unspecified atom stereocenters. The molecule has 0 aliphatic rings. The van der Waals surface area contributed by atoms with Gasteiger partial charge in [-0.2, -0.15) is 0 Å². The minimum Gasteiger partial charge on any atom is -0.303 e. The number of aldehydes is 1. The quantitative estimate of drug-likeness (QED) is 0.460. The normalized spacial score (nSPS) is 8.64. The highest BCUT2D eigenvalue weighted by Gasteiger charge is 1.97. The Bertz CT molecular complexity index is 299. The van der Waals surface area contributed by atoms with Crippen molar-refractivity contribution in [2.75, 3.05) is 0 Å². The molecule has 2 nitrogen and oxygen atoms in total. The lowest BCUT2D eigenvalue weighted by molar-refractivity contribution is -0.107. The molecule has 0 aromatic heterocycles. The second kappa shape index (κ2) is 3.52. The van der Waals surface area contributed by atoms with Crippen LogP contribution < -0.4 is 0 Å². The molecule has 0 heterocycles. The summed E-state index contributed by atoms with van der Waals surface area (Å²) in [7, 11) is 0. The third kappa shape index (κ3) is 1.65. The van der Waals surface area contributed by atoms with E-state index in [0.717, 1.165) is 11.8 Å². The van der Waals surface area contributed by atoms with Crippen LogP contribution >= 0.6 is 0 Å². The molecule has 0 spiro atoms. The van der Waals surface area contributed by atoms with E-state index in [0.29, 0.717) is 12.1 Å². The van der Waals surface area contributed by atoms with Crippen molar-refractivity contribution in [3.63, 3.8) is 0 Å². The summed E-state index contributed by atoms with van der Waals surface area (Å²) in [6.45, 7) is 6.77. The van der Waals surface area contributed by atoms with Crippen LogP contribution in [0.3, 0.4) is 0 Å². The van der Waals surface area contributed by atoms with Gasteiger partial charge in [-0.15, -0.1) is 0 Å². The van der Waals surface area contributed by atoms with Gasteiger partial charge in [-0.1, -0.05) is 24.3 Å². The lowest BCUT2D eigenvalue weighted by Crippen LogP contribution is -1.84. The minimum absolute atomic E-state index is 0.332. The molecule has 1 rings (SSSR count). The van der Waals surface area contributed by atoms with Crippen LogP contribution in [0.1, 0.15) is 5.56 Å². The van der Waals surface area contributed by atoms with Gasteiger partial charge in [-0.25, -0.2) is 4.85 Å². The fraction of sp³-hybridized carbons (Fsp3) is 0.111. The van der Waals surface area contributed by atoms with E-state index in [2.05, 4.69) is 4.85 Å². The number of hydrogen-bond acceptors (Lipinski definition) is 1. The Morgan fingerprint density at radius 2 is 2.18 bits per heavy atom. The molecule has 2 heteroatoms. The smallest absolute Gasteiger partial charge is 0.190 e. The van der Waals surface area contributed by atoms with Crippen LogP contribution in [0, 0.1) is 6.57 Å². The summed E-state index contributed by atoms with van der Waals surface area (Å²) in [5, 5.41) is 0. The van der Waals surface area contributed by atoms with Crippen LogP contribution in [0.2, 0.25) is 0 Å². The summed E-state index contributed by atoms with van der Waals surface area (Å²) < 4.78 is 0. The number of para-hydroxylation sites is 1. The van der Waals surface area contributed by atoms with E-state index in [1.165, 1.54) is 0 Å². The second-order valence-corrected chi connectivity index (χ2v) is 2.11. The molecule has 11 heavy (non-hydrogen) atoms. The fourth-order valence-electron chi connectivity index (χ4n) is 0.882. The van der Waals surface area contributed by atoms with Crippen molar-refractivity contribution in [3.05, 3.63) is 41.2 Å². The Hall–Kier alpha value is -1.62. The molecule has 1 aromatic rings. The Morgan fingerprint density at radius 1 is 1.45 bits per heavy atom. The fourth-order valence-corrected chi connectivity index (χ4v) is 0.882. The molecular formula is C9H7NO. The van der Waals surface area contributed by atoms with Gasteiger partial charge in [0, 0.05) is 6.42 Å². The summed E-state index contributed by atoms with van der Waals surface area (Å²) in [5.41, 5.74) is 1.37. The lowest BCUT2D eigenvalue weighted by atomic mass is 10.1. The molecule has 0 N–H and O–H groups in total.